The third-order valence-corrected chi connectivity index (χ3v) is 7.02. The van der Waals surface area contributed by atoms with Crippen LogP contribution < -0.4 is 5.32 Å². The number of benzene rings is 1. The van der Waals surface area contributed by atoms with Gasteiger partial charge >= 0.3 is 11.9 Å². The molecular weight excluding hydrogens is 476 g/mol. The first-order valence-electron chi connectivity index (χ1n) is 13.1. The Hall–Kier alpha value is -3.20. The number of rotatable bonds is 15. The number of methoxy groups -OCH3 is 1. The minimum absolute atomic E-state index is 0.0872. The van der Waals surface area contributed by atoms with Gasteiger partial charge in [0.1, 0.15) is 6.04 Å². The standard InChI is InChI=1S/C28H38N2O7/c1-3-4-15-36-26(33)21(12-16-35-2)18-28(13-8-9-14-28)27(34)30-22(25(31)32)17-24-29-19-23(37-24)20-10-6-5-7-11-20/h5-7,10-11,19,21-22H,3-4,8-9,12-18H2,1-2H3,(H,30,34)(H,31,32)/t21-,22+/m1/s1. The third kappa shape index (κ3) is 7.89. The van der Waals surface area contributed by atoms with Crippen molar-refractivity contribution in [3.8, 4) is 11.3 Å². The zero-order chi connectivity index (χ0) is 26.7. The molecule has 2 atom stereocenters. The van der Waals surface area contributed by atoms with Crippen molar-refractivity contribution in [2.75, 3.05) is 20.3 Å². The van der Waals surface area contributed by atoms with Gasteiger partial charge in [-0.15, -0.1) is 0 Å². The van der Waals surface area contributed by atoms with Gasteiger partial charge in [-0.3, -0.25) is 9.59 Å². The molecule has 1 fully saturated rings. The number of hydrogen-bond donors (Lipinski definition) is 2. The van der Waals surface area contributed by atoms with Crippen molar-refractivity contribution >= 4 is 17.8 Å². The number of amides is 1. The minimum Gasteiger partial charge on any atom is -0.480 e. The number of esters is 1. The molecule has 3 rings (SSSR count). The van der Waals surface area contributed by atoms with Gasteiger partial charge in [-0.2, -0.15) is 0 Å². The van der Waals surface area contributed by atoms with Crippen LogP contribution in [0.15, 0.2) is 40.9 Å². The van der Waals surface area contributed by atoms with Gasteiger partial charge in [0.25, 0.3) is 0 Å². The highest BCUT2D eigenvalue weighted by molar-refractivity contribution is 5.88. The molecule has 2 aromatic rings. The Kier molecular flexibility index (Phi) is 10.7. The predicted molar refractivity (Wildman–Crippen MR) is 137 cm³/mol. The SMILES string of the molecule is CCCCOC(=O)[C@H](CCOC)CC1(C(=O)N[C@@H](Cc2ncc(-c3ccccc3)o2)C(=O)O)CCCC1. The van der Waals surface area contributed by atoms with E-state index in [9.17, 15) is 19.5 Å². The molecule has 202 valence electrons. The maximum Gasteiger partial charge on any atom is 0.326 e. The molecule has 9 nitrogen and oxygen atoms in total. The Morgan fingerprint density at radius 2 is 1.89 bits per heavy atom. The molecule has 0 bridgehead atoms. The lowest BCUT2D eigenvalue weighted by Crippen LogP contribution is -2.49. The van der Waals surface area contributed by atoms with E-state index in [-0.39, 0.29) is 24.2 Å². The topological polar surface area (TPSA) is 128 Å². The second-order valence-corrected chi connectivity index (χ2v) is 9.74. The molecular formula is C28H38N2O7. The second-order valence-electron chi connectivity index (χ2n) is 9.74. The first-order chi connectivity index (χ1) is 17.9. The number of ether oxygens (including phenoxy) is 2. The van der Waals surface area contributed by atoms with E-state index in [2.05, 4.69) is 10.3 Å². The Morgan fingerprint density at radius 1 is 1.16 bits per heavy atom. The number of oxazole rings is 1. The van der Waals surface area contributed by atoms with Gasteiger partial charge in [0.2, 0.25) is 5.91 Å². The van der Waals surface area contributed by atoms with E-state index in [4.69, 9.17) is 13.9 Å². The van der Waals surface area contributed by atoms with Gasteiger partial charge in [0, 0.05) is 19.3 Å². The summed E-state index contributed by atoms with van der Waals surface area (Å²) in [5.74, 6) is -1.59. The number of aliphatic carboxylic acids is 1. The van der Waals surface area contributed by atoms with Crippen LogP contribution in [0.5, 0.6) is 0 Å². The molecule has 1 aliphatic rings. The monoisotopic (exact) mass is 514 g/mol. The number of nitrogens with one attached hydrogen (secondary N) is 1. The predicted octanol–water partition coefficient (Wildman–Crippen LogP) is 4.40. The molecule has 1 aromatic carbocycles. The van der Waals surface area contributed by atoms with Crippen molar-refractivity contribution in [2.24, 2.45) is 11.3 Å². The molecule has 1 heterocycles. The number of carbonyl (C=O) groups excluding carboxylic acids is 2. The molecule has 1 aromatic heterocycles. The maximum absolute atomic E-state index is 13.6. The van der Waals surface area contributed by atoms with Crippen molar-refractivity contribution in [1.82, 2.24) is 10.3 Å². The fourth-order valence-electron chi connectivity index (χ4n) is 4.87. The van der Waals surface area contributed by atoms with Crippen molar-refractivity contribution < 1.29 is 33.4 Å². The third-order valence-electron chi connectivity index (χ3n) is 7.02. The summed E-state index contributed by atoms with van der Waals surface area (Å²) < 4.78 is 16.4. The van der Waals surface area contributed by atoms with E-state index < -0.39 is 23.3 Å². The number of nitrogens with zero attached hydrogens (tertiary/aromatic N) is 1. The normalized spacial score (nSPS) is 16.2. The van der Waals surface area contributed by atoms with Crippen LogP contribution >= 0.6 is 0 Å². The molecule has 2 N–H and O–H groups in total. The molecule has 0 spiro atoms. The Labute approximate surface area is 217 Å². The fourth-order valence-corrected chi connectivity index (χ4v) is 4.87. The van der Waals surface area contributed by atoms with E-state index in [1.165, 1.54) is 0 Å². The van der Waals surface area contributed by atoms with E-state index in [1.54, 1.807) is 13.3 Å². The van der Waals surface area contributed by atoms with Gasteiger partial charge in [-0.05, 0) is 32.1 Å². The molecule has 37 heavy (non-hydrogen) atoms. The van der Waals surface area contributed by atoms with Crippen LogP contribution in [0.3, 0.4) is 0 Å². The largest absolute Gasteiger partial charge is 0.480 e. The summed E-state index contributed by atoms with van der Waals surface area (Å²) >= 11 is 0. The van der Waals surface area contributed by atoms with E-state index in [0.717, 1.165) is 31.2 Å². The van der Waals surface area contributed by atoms with Gasteiger partial charge < -0.3 is 24.3 Å². The van der Waals surface area contributed by atoms with Gasteiger partial charge in [-0.25, -0.2) is 9.78 Å². The van der Waals surface area contributed by atoms with Gasteiger partial charge in [0.05, 0.1) is 30.6 Å². The first-order valence-corrected chi connectivity index (χ1v) is 13.1. The summed E-state index contributed by atoms with van der Waals surface area (Å²) in [4.78, 5) is 42.7. The molecule has 0 aliphatic heterocycles. The lowest BCUT2D eigenvalue weighted by atomic mass is 9.75. The van der Waals surface area contributed by atoms with Crippen molar-refractivity contribution in [2.45, 2.75) is 70.8 Å². The maximum atomic E-state index is 13.6. The average molecular weight is 515 g/mol. The smallest absolute Gasteiger partial charge is 0.326 e. The fraction of sp³-hybridized carbons (Fsp3) is 0.571. The Bertz CT molecular complexity index is 1010. The number of hydrogen-bond acceptors (Lipinski definition) is 7. The molecule has 0 saturated heterocycles. The zero-order valence-electron chi connectivity index (χ0n) is 21.7. The number of carboxylic acid groups (broad SMARTS) is 1. The molecule has 1 aliphatic carbocycles. The number of aromatic nitrogens is 1. The van der Waals surface area contributed by atoms with Crippen LogP contribution in [0.2, 0.25) is 0 Å². The van der Waals surface area contributed by atoms with Gasteiger partial charge in [0.15, 0.2) is 11.7 Å². The first kappa shape index (κ1) is 28.4. The van der Waals surface area contributed by atoms with Crippen LogP contribution in [0.4, 0.5) is 0 Å². The van der Waals surface area contributed by atoms with E-state index >= 15 is 0 Å². The summed E-state index contributed by atoms with van der Waals surface area (Å²) in [6.45, 7) is 2.74. The summed E-state index contributed by atoms with van der Waals surface area (Å²) in [5.41, 5.74) is -0.00297. The van der Waals surface area contributed by atoms with Gasteiger partial charge in [-0.1, -0.05) is 56.5 Å². The lowest BCUT2D eigenvalue weighted by Gasteiger charge is -2.32. The van der Waals surface area contributed by atoms with Crippen molar-refractivity contribution in [3.63, 3.8) is 0 Å². The average Bonchev–Trinajstić information content (AvgIpc) is 3.57. The molecule has 0 radical (unpaired) electrons. The van der Waals surface area contributed by atoms with E-state index in [1.807, 2.05) is 37.3 Å². The van der Waals surface area contributed by atoms with Crippen LogP contribution in [-0.4, -0.2) is 54.3 Å². The molecule has 0 unspecified atom stereocenters. The van der Waals surface area contributed by atoms with Crippen LogP contribution in [0, 0.1) is 11.3 Å². The summed E-state index contributed by atoms with van der Waals surface area (Å²) in [5, 5.41) is 12.6. The number of carboxylic acids is 1. The Balaban J connectivity index is 1.71. The second kappa shape index (κ2) is 13.9. The molecule has 1 saturated carbocycles. The van der Waals surface area contributed by atoms with Crippen molar-refractivity contribution in [1.29, 1.82) is 0 Å². The highest BCUT2D eigenvalue weighted by Gasteiger charge is 2.45. The van der Waals surface area contributed by atoms with Crippen LogP contribution in [0.25, 0.3) is 11.3 Å². The van der Waals surface area contributed by atoms with Crippen LogP contribution in [0.1, 0.15) is 64.2 Å². The van der Waals surface area contributed by atoms with E-state index in [0.29, 0.717) is 44.7 Å². The van der Waals surface area contributed by atoms with Crippen LogP contribution in [-0.2, 0) is 30.3 Å². The number of unbranched alkanes of at least 4 members (excludes halogenated alkanes) is 1. The number of carbonyl (C=O) groups is 3. The zero-order valence-corrected chi connectivity index (χ0v) is 21.7. The molecule has 9 heteroatoms. The minimum atomic E-state index is -1.21. The Morgan fingerprint density at radius 3 is 2.54 bits per heavy atom. The summed E-state index contributed by atoms with van der Waals surface area (Å²) in [6, 6.07) is 8.17. The van der Waals surface area contributed by atoms with Crippen molar-refractivity contribution in [3.05, 3.63) is 42.4 Å². The quantitative estimate of drug-likeness (QED) is 0.264. The highest BCUT2D eigenvalue weighted by Crippen LogP contribution is 2.44. The highest BCUT2D eigenvalue weighted by atomic mass is 16.5. The lowest BCUT2D eigenvalue weighted by molar-refractivity contribution is -0.152. The summed E-state index contributed by atoms with van der Waals surface area (Å²) in [7, 11) is 1.57. The molecule has 1 amide bonds. The summed E-state index contributed by atoms with van der Waals surface area (Å²) in [6.07, 6.45) is 6.76.